The van der Waals surface area contributed by atoms with Gasteiger partial charge in [-0.2, -0.15) is 0 Å². The first kappa shape index (κ1) is 9.49. The van der Waals surface area contributed by atoms with Crippen LogP contribution in [0.15, 0.2) is 24.3 Å². The molecule has 1 unspecified atom stereocenters. The van der Waals surface area contributed by atoms with Crippen molar-refractivity contribution in [1.29, 1.82) is 0 Å². The van der Waals surface area contributed by atoms with Crippen LogP contribution in [0.5, 0.6) is 0 Å². The number of hydrogen-bond acceptors (Lipinski definition) is 3. The SMILES string of the molecule is OCCOC1CCNc2ccccc21. The monoisotopic (exact) mass is 193 g/mol. The Kier molecular flexibility index (Phi) is 3.01. The van der Waals surface area contributed by atoms with Crippen molar-refractivity contribution >= 4 is 5.69 Å². The second kappa shape index (κ2) is 4.44. The second-order valence-corrected chi connectivity index (χ2v) is 3.39. The Hall–Kier alpha value is -1.06. The number of nitrogens with one attached hydrogen (secondary N) is 1. The fraction of sp³-hybridized carbons (Fsp3) is 0.455. The third-order valence-electron chi connectivity index (χ3n) is 2.44. The average Bonchev–Trinajstić information content (AvgIpc) is 2.26. The van der Waals surface area contributed by atoms with Crippen molar-refractivity contribution in [3.05, 3.63) is 29.8 Å². The predicted molar refractivity (Wildman–Crippen MR) is 55.3 cm³/mol. The average molecular weight is 193 g/mol. The third kappa shape index (κ3) is 1.89. The Bertz CT molecular complexity index is 301. The zero-order valence-corrected chi connectivity index (χ0v) is 8.07. The van der Waals surface area contributed by atoms with E-state index in [1.807, 2.05) is 12.1 Å². The first-order valence-electron chi connectivity index (χ1n) is 4.97. The van der Waals surface area contributed by atoms with Crippen molar-refractivity contribution in [2.75, 3.05) is 25.1 Å². The molecule has 0 fully saturated rings. The van der Waals surface area contributed by atoms with E-state index < -0.39 is 0 Å². The molecule has 0 spiro atoms. The number of aliphatic hydroxyl groups is 1. The summed E-state index contributed by atoms with van der Waals surface area (Å²) in [5.74, 6) is 0. The van der Waals surface area contributed by atoms with Gasteiger partial charge in [0.1, 0.15) is 0 Å². The summed E-state index contributed by atoms with van der Waals surface area (Å²) in [6, 6.07) is 8.16. The molecule has 1 aromatic carbocycles. The fourth-order valence-corrected chi connectivity index (χ4v) is 1.80. The van der Waals surface area contributed by atoms with Gasteiger partial charge < -0.3 is 15.2 Å². The summed E-state index contributed by atoms with van der Waals surface area (Å²) in [6.07, 6.45) is 1.11. The van der Waals surface area contributed by atoms with Gasteiger partial charge in [0, 0.05) is 17.8 Å². The Morgan fingerprint density at radius 2 is 2.29 bits per heavy atom. The van der Waals surface area contributed by atoms with Gasteiger partial charge in [-0.25, -0.2) is 0 Å². The van der Waals surface area contributed by atoms with Gasteiger partial charge in [0.15, 0.2) is 0 Å². The predicted octanol–water partition coefficient (Wildman–Crippen LogP) is 1.55. The summed E-state index contributed by atoms with van der Waals surface area (Å²) in [7, 11) is 0. The van der Waals surface area contributed by atoms with Gasteiger partial charge in [0.2, 0.25) is 0 Å². The van der Waals surface area contributed by atoms with E-state index in [-0.39, 0.29) is 12.7 Å². The van der Waals surface area contributed by atoms with Crippen LogP contribution in [0, 0.1) is 0 Å². The molecule has 2 N–H and O–H groups in total. The number of rotatable bonds is 3. The smallest absolute Gasteiger partial charge is 0.0862 e. The molecular weight excluding hydrogens is 178 g/mol. The Labute approximate surface area is 83.7 Å². The van der Waals surface area contributed by atoms with Gasteiger partial charge in [0.25, 0.3) is 0 Å². The van der Waals surface area contributed by atoms with Crippen molar-refractivity contribution in [3.8, 4) is 0 Å². The summed E-state index contributed by atoms with van der Waals surface area (Å²) in [5, 5.41) is 12.0. The Morgan fingerprint density at radius 1 is 1.43 bits per heavy atom. The van der Waals surface area contributed by atoms with Gasteiger partial charge in [-0.3, -0.25) is 0 Å². The minimum absolute atomic E-state index is 0.0894. The molecule has 0 bridgehead atoms. The van der Waals surface area contributed by atoms with Crippen LogP contribution >= 0.6 is 0 Å². The number of anilines is 1. The molecule has 3 nitrogen and oxygen atoms in total. The lowest BCUT2D eigenvalue weighted by molar-refractivity contribution is 0.0236. The zero-order chi connectivity index (χ0) is 9.80. The van der Waals surface area contributed by atoms with Gasteiger partial charge in [-0.05, 0) is 12.5 Å². The molecule has 76 valence electrons. The first-order valence-corrected chi connectivity index (χ1v) is 4.97. The Morgan fingerprint density at radius 3 is 3.14 bits per heavy atom. The third-order valence-corrected chi connectivity index (χ3v) is 2.44. The van der Waals surface area contributed by atoms with Crippen LogP contribution in [0.25, 0.3) is 0 Å². The van der Waals surface area contributed by atoms with E-state index in [1.165, 1.54) is 5.56 Å². The molecule has 0 aromatic heterocycles. The quantitative estimate of drug-likeness (QED) is 0.765. The number of ether oxygens (including phenoxy) is 1. The minimum Gasteiger partial charge on any atom is -0.394 e. The highest BCUT2D eigenvalue weighted by Crippen LogP contribution is 2.31. The molecule has 0 radical (unpaired) electrons. The lowest BCUT2D eigenvalue weighted by Crippen LogP contribution is -2.19. The molecule has 3 heteroatoms. The number of benzene rings is 1. The molecule has 1 aliphatic rings. The lowest BCUT2D eigenvalue weighted by atomic mass is 10.0. The van der Waals surface area contributed by atoms with E-state index in [1.54, 1.807) is 0 Å². The molecule has 0 amide bonds. The second-order valence-electron chi connectivity index (χ2n) is 3.39. The summed E-state index contributed by atoms with van der Waals surface area (Å²) >= 11 is 0. The first-order chi connectivity index (χ1) is 6.92. The van der Waals surface area contributed by atoms with Crippen molar-refractivity contribution in [2.45, 2.75) is 12.5 Å². The van der Waals surface area contributed by atoms with Gasteiger partial charge in [0.05, 0.1) is 19.3 Å². The number of aliphatic hydroxyl groups excluding tert-OH is 1. The van der Waals surface area contributed by atoms with Gasteiger partial charge >= 0.3 is 0 Å². The largest absolute Gasteiger partial charge is 0.394 e. The molecular formula is C11H15NO2. The molecule has 1 atom stereocenters. The highest BCUT2D eigenvalue weighted by Gasteiger charge is 2.19. The lowest BCUT2D eigenvalue weighted by Gasteiger charge is -2.26. The van der Waals surface area contributed by atoms with E-state index in [9.17, 15) is 0 Å². The van der Waals surface area contributed by atoms with E-state index in [0.29, 0.717) is 6.61 Å². The van der Waals surface area contributed by atoms with Gasteiger partial charge in [-0.15, -0.1) is 0 Å². The molecule has 1 heterocycles. The number of fused-ring (bicyclic) bond motifs is 1. The van der Waals surface area contributed by atoms with Crippen LogP contribution in [-0.4, -0.2) is 24.9 Å². The van der Waals surface area contributed by atoms with Crippen LogP contribution in [0.3, 0.4) is 0 Å². The van der Waals surface area contributed by atoms with E-state index in [0.717, 1.165) is 18.7 Å². The topological polar surface area (TPSA) is 41.5 Å². The van der Waals surface area contributed by atoms with Crippen molar-refractivity contribution in [2.24, 2.45) is 0 Å². The van der Waals surface area contributed by atoms with Crippen LogP contribution < -0.4 is 5.32 Å². The fourth-order valence-electron chi connectivity index (χ4n) is 1.80. The summed E-state index contributed by atoms with van der Waals surface area (Å²) < 4.78 is 5.57. The summed E-state index contributed by atoms with van der Waals surface area (Å²) in [5.41, 5.74) is 2.36. The van der Waals surface area contributed by atoms with Gasteiger partial charge in [-0.1, -0.05) is 18.2 Å². The summed E-state index contributed by atoms with van der Waals surface area (Å²) in [6.45, 7) is 1.44. The van der Waals surface area contributed by atoms with Crippen LogP contribution in [-0.2, 0) is 4.74 Å². The highest BCUT2D eigenvalue weighted by molar-refractivity contribution is 5.53. The maximum absolute atomic E-state index is 8.70. The number of hydrogen-bond donors (Lipinski definition) is 2. The van der Waals surface area contributed by atoms with Crippen molar-refractivity contribution < 1.29 is 9.84 Å². The molecule has 0 aliphatic carbocycles. The molecule has 2 rings (SSSR count). The molecule has 0 saturated heterocycles. The van der Waals surface area contributed by atoms with Crippen LogP contribution in [0.1, 0.15) is 18.1 Å². The van der Waals surface area contributed by atoms with E-state index >= 15 is 0 Å². The van der Waals surface area contributed by atoms with E-state index in [4.69, 9.17) is 9.84 Å². The van der Waals surface area contributed by atoms with Crippen LogP contribution in [0.4, 0.5) is 5.69 Å². The van der Waals surface area contributed by atoms with Crippen molar-refractivity contribution in [3.63, 3.8) is 0 Å². The minimum atomic E-state index is 0.0894. The normalized spacial score (nSPS) is 19.9. The summed E-state index contributed by atoms with van der Waals surface area (Å²) in [4.78, 5) is 0. The Balaban J connectivity index is 2.14. The maximum Gasteiger partial charge on any atom is 0.0862 e. The molecule has 1 aliphatic heterocycles. The van der Waals surface area contributed by atoms with E-state index in [2.05, 4.69) is 17.4 Å². The van der Waals surface area contributed by atoms with Crippen LogP contribution in [0.2, 0.25) is 0 Å². The highest BCUT2D eigenvalue weighted by atomic mass is 16.5. The standard InChI is InChI=1S/C11H15NO2/c13-7-8-14-11-5-6-12-10-4-2-1-3-9(10)11/h1-4,11-13H,5-8H2. The molecule has 14 heavy (non-hydrogen) atoms. The maximum atomic E-state index is 8.70. The molecule has 0 saturated carbocycles. The van der Waals surface area contributed by atoms with Crippen molar-refractivity contribution in [1.82, 2.24) is 0 Å². The molecule has 1 aromatic rings. The zero-order valence-electron chi connectivity index (χ0n) is 8.07. The number of para-hydroxylation sites is 1.